The molecule has 0 spiro atoms. The van der Waals surface area contributed by atoms with Crippen molar-refractivity contribution < 1.29 is 18.0 Å². The van der Waals surface area contributed by atoms with E-state index in [4.69, 9.17) is 16.0 Å². The lowest BCUT2D eigenvalue weighted by atomic mass is 10.1. The Kier molecular flexibility index (Phi) is 5.01. The van der Waals surface area contributed by atoms with E-state index in [-0.39, 0.29) is 33.9 Å². The van der Waals surface area contributed by atoms with Crippen LogP contribution in [0.5, 0.6) is 0 Å². The number of hydrogen-bond acceptors (Lipinski definition) is 4. The fraction of sp³-hybridized carbons (Fsp3) is 0.160. The molecule has 5 nitrogen and oxygen atoms in total. The number of fused-ring (bicyclic) bond motifs is 5. The molecule has 0 saturated carbocycles. The van der Waals surface area contributed by atoms with Gasteiger partial charge in [0.25, 0.3) is 0 Å². The van der Waals surface area contributed by atoms with E-state index in [9.17, 15) is 18.4 Å². The van der Waals surface area contributed by atoms with Gasteiger partial charge >= 0.3 is 5.63 Å². The van der Waals surface area contributed by atoms with E-state index in [0.29, 0.717) is 16.3 Å². The number of rotatable bonds is 4. The van der Waals surface area contributed by atoms with Gasteiger partial charge in [-0.15, -0.1) is 0 Å². The van der Waals surface area contributed by atoms with Crippen molar-refractivity contribution in [2.45, 2.75) is 26.8 Å². The molecule has 0 N–H and O–H groups in total. The van der Waals surface area contributed by atoms with Crippen LogP contribution in [0, 0.1) is 11.6 Å². The summed E-state index contributed by atoms with van der Waals surface area (Å²) in [5, 5.41) is 1.81. The highest BCUT2D eigenvalue weighted by Gasteiger charge is 2.24. The monoisotopic (exact) mass is 466 g/mol. The third kappa shape index (κ3) is 3.23. The van der Waals surface area contributed by atoms with Gasteiger partial charge in [-0.05, 0) is 49.2 Å². The Labute approximate surface area is 191 Å². The Morgan fingerprint density at radius 2 is 1.97 bits per heavy atom. The van der Waals surface area contributed by atoms with Crippen molar-refractivity contribution in [3.63, 3.8) is 0 Å². The predicted octanol–water partition coefficient (Wildman–Crippen LogP) is 6.04. The number of carbonyl (C=O) groups excluding carboxylic acids is 1. The summed E-state index contributed by atoms with van der Waals surface area (Å²) in [6.07, 6.45) is 2.30. The maximum atomic E-state index is 14.9. The summed E-state index contributed by atoms with van der Waals surface area (Å²) < 4.78 is 36.2. The lowest BCUT2D eigenvalue weighted by molar-refractivity contribution is 0.101. The molecule has 0 radical (unpaired) electrons. The lowest BCUT2D eigenvalue weighted by Gasteiger charge is -2.13. The standard InChI is InChI=1S/C25H17ClF2N2O3/c1-3-13-6-7-19-16(9-13)20-14-5-4-8-29-24(14)33-25(32)23(20)30(19)11-17-21(26)15(12(2)31)10-18(27)22(17)28/h4-10H,3,11H2,1-2H3. The molecule has 0 bridgehead atoms. The van der Waals surface area contributed by atoms with Crippen LogP contribution in [0.15, 0.2) is 51.8 Å². The summed E-state index contributed by atoms with van der Waals surface area (Å²) in [4.78, 5) is 29.1. The van der Waals surface area contributed by atoms with Crippen LogP contribution in [0.25, 0.3) is 32.9 Å². The van der Waals surface area contributed by atoms with Crippen molar-refractivity contribution in [1.82, 2.24) is 9.55 Å². The van der Waals surface area contributed by atoms with Gasteiger partial charge in [0, 0.05) is 39.0 Å². The molecule has 0 amide bonds. The third-order valence-electron chi connectivity index (χ3n) is 5.90. The van der Waals surface area contributed by atoms with E-state index >= 15 is 0 Å². The summed E-state index contributed by atoms with van der Waals surface area (Å²) in [7, 11) is 0. The molecule has 8 heteroatoms. The van der Waals surface area contributed by atoms with Gasteiger partial charge in [0.1, 0.15) is 5.52 Å². The Hall–Kier alpha value is -3.58. The van der Waals surface area contributed by atoms with Crippen molar-refractivity contribution in [3.8, 4) is 0 Å². The molecule has 5 aromatic rings. The highest BCUT2D eigenvalue weighted by atomic mass is 35.5. The number of hydrogen-bond donors (Lipinski definition) is 0. The van der Waals surface area contributed by atoms with E-state index in [2.05, 4.69) is 4.98 Å². The van der Waals surface area contributed by atoms with Crippen LogP contribution in [-0.2, 0) is 13.0 Å². The number of nitrogens with zero attached hydrogens (tertiary/aromatic N) is 2. The number of aromatic nitrogens is 2. The van der Waals surface area contributed by atoms with Gasteiger partial charge < -0.3 is 8.98 Å². The van der Waals surface area contributed by atoms with Gasteiger partial charge in [-0.2, -0.15) is 0 Å². The largest absolute Gasteiger partial charge is 0.402 e. The highest BCUT2D eigenvalue weighted by Crippen LogP contribution is 2.35. The Balaban J connectivity index is 1.91. The summed E-state index contributed by atoms with van der Waals surface area (Å²) in [5.74, 6) is -2.85. The second-order valence-corrected chi connectivity index (χ2v) is 8.21. The molecule has 0 unspecified atom stereocenters. The van der Waals surface area contributed by atoms with Crippen molar-refractivity contribution >= 4 is 50.3 Å². The van der Waals surface area contributed by atoms with E-state index in [0.717, 1.165) is 23.4 Å². The molecule has 3 aromatic heterocycles. The minimum Gasteiger partial charge on any atom is -0.402 e. The molecule has 0 fully saturated rings. The van der Waals surface area contributed by atoms with Crippen LogP contribution in [0.1, 0.15) is 35.3 Å². The van der Waals surface area contributed by atoms with Crippen molar-refractivity contribution in [2.24, 2.45) is 0 Å². The van der Waals surface area contributed by atoms with Crippen LogP contribution in [0.2, 0.25) is 5.02 Å². The Morgan fingerprint density at radius 1 is 1.18 bits per heavy atom. The first-order valence-electron chi connectivity index (χ1n) is 10.3. The number of ketones is 1. The van der Waals surface area contributed by atoms with Gasteiger partial charge in [-0.1, -0.05) is 24.6 Å². The van der Waals surface area contributed by atoms with Gasteiger partial charge in [0.2, 0.25) is 5.71 Å². The van der Waals surface area contributed by atoms with Crippen LogP contribution in [0.4, 0.5) is 8.78 Å². The maximum Gasteiger partial charge on any atom is 0.362 e. The molecule has 5 rings (SSSR count). The second-order valence-electron chi connectivity index (χ2n) is 7.83. The molecule has 0 aliphatic heterocycles. The Morgan fingerprint density at radius 3 is 2.70 bits per heavy atom. The van der Waals surface area contributed by atoms with Gasteiger partial charge in [-0.25, -0.2) is 18.6 Å². The lowest BCUT2D eigenvalue weighted by Crippen LogP contribution is -2.12. The number of Topliss-reactive ketones (excluding diaryl/α,β-unsaturated/α-hetero) is 1. The summed E-state index contributed by atoms with van der Waals surface area (Å²) in [6, 6.07) is 10.0. The van der Waals surface area contributed by atoms with E-state index in [1.807, 2.05) is 25.1 Å². The number of benzene rings is 2. The number of halogens is 3. The highest BCUT2D eigenvalue weighted by molar-refractivity contribution is 6.34. The number of carbonyl (C=O) groups is 1. The van der Waals surface area contributed by atoms with Crippen LogP contribution in [0.3, 0.4) is 0 Å². The molecular formula is C25H17ClF2N2O3. The maximum absolute atomic E-state index is 14.9. The SMILES string of the molecule is CCc1ccc2c(c1)c1c3cccnc3oc(=O)c1n2Cc1c(F)c(F)cc(C(C)=O)c1Cl. The third-order valence-corrected chi connectivity index (χ3v) is 6.33. The summed E-state index contributed by atoms with van der Waals surface area (Å²) in [5.41, 5.74) is 1.03. The molecule has 0 saturated heterocycles. The fourth-order valence-corrected chi connectivity index (χ4v) is 4.61. The fourth-order valence-electron chi connectivity index (χ4n) is 4.28. The van der Waals surface area contributed by atoms with Crippen LogP contribution in [-0.4, -0.2) is 15.3 Å². The summed E-state index contributed by atoms with van der Waals surface area (Å²) >= 11 is 6.33. The van der Waals surface area contributed by atoms with E-state index in [1.54, 1.807) is 16.7 Å². The van der Waals surface area contributed by atoms with Crippen LogP contribution >= 0.6 is 11.6 Å². The molecule has 33 heavy (non-hydrogen) atoms. The quantitative estimate of drug-likeness (QED) is 0.239. The zero-order chi connectivity index (χ0) is 23.4. The first kappa shape index (κ1) is 21.3. The van der Waals surface area contributed by atoms with Gasteiger partial charge in [0.15, 0.2) is 17.4 Å². The first-order valence-corrected chi connectivity index (χ1v) is 10.7. The number of aryl methyl sites for hydroxylation is 1. The van der Waals surface area contributed by atoms with Crippen LogP contribution < -0.4 is 5.63 Å². The number of pyridine rings is 1. The molecule has 3 heterocycles. The van der Waals surface area contributed by atoms with E-state index < -0.39 is 23.0 Å². The molecular weight excluding hydrogens is 450 g/mol. The minimum absolute atomic E-state index is 0.124. The average Bonchev–Trinajstić information content (AvgIpc) is 3.13. The Bertz CT molecular complexity index is 1670. The van der Waals surface area contributed by atoms with Crippen molar-refractivity contribution in [1.29, 1.82) is 0 Å². The van der Waals surface area contributed by atoms with Crippen molar-refractivity contribution in [3.05, 3.63) is 86.4 Å². The minimum atomic E-state index is -1.18. The van der Waals surface area contributed by atoms with Gasteiger partial charge in [-0.3, -0.25) is 4.79 Å². The zero-order valence-corrected chi connectivity index (χ0v) is 18.5. The predicted molar refractivity (Wildman–Crippen MR) is 123 cm³/mol. The topological polar surface area (TPSA) is 65.1 Å². The second kappa shape index (κ2) is 7.78. The smallest absolute Gasteiger partial charge is 0.362 e. The van der Waals surface area contributed by atoms with E-state index in [1.165, 1.54) is 13.1 Å². The first-order chi connectivity index (χ1) is 15.8. The zero-order valence-electron chi connectivity index (χ0n) is 17.7. The normalized spacial score (nSPS) is 11.7. The molecule has 166 valence electrons. The average molecular weight is 467 g/mol. The molecule has 0 aliphatic carbocycles. The van der Waals surface area contributed by atoms with Crippen molar-refractivity contribution in [2.75, 3.05) is 0 Å². The summed E-state index contributed by atoms with van der Waals surface area (Å²) in [6.45, 7) is 2.97. The van der Waals surface area contributed by atoms with Gasteiger partial charge in [0.05, 0.1) is 11.6 Å². The molecule has 0 atom stereocenters. The molecule has 2 aromatic carbocycles. The molecule has 0 aliphatic rings.